The predicted molar refractivity (Wildman–Crippen MR) is 110 cm³/mol. The zero-order valence-corrected chi connectivity index (χ0v) is 17.6. The van der Waals surface area contributed by atoms with Crippen molar-refractivity contribution in [2.75, 3.05) is 19.6 Å². The van der Waals surface area contributed by atoms with Crippen molar-refractivity contribution in [3.63, 3.8) is 0 Å². The second-order valence-electron chi connectivity index (χ2n) is 7.83. The van der Waals surface area contributed by atoms with Gasteiger partial charge >= 0.3 is 0 Å². The molecule has 0 aliphatic carbocycles. The lowest BCUT2D eigenvalue weighted by molar-refractivity contribution is -0.124. The molecule has 1 aromatic carbocycles. The Morgan fingerprint density at radius 2 is 2.03 bits per heavy atom. The Bertz CT molecular complexity index is 1150. The average Bonchev–Trinajstić information content (AvgIpc) is 3.34. The van der Waals surface area contributed by atoms with Crippen molar-refractivity contribution in [3.8, 4) is 11.3 Å². The molecule has 1 N–H and O–H groups in total. The van der Waals surface area contributed by atoms with Gasteiger partial charge in [0, 0.05) is 25.2 Å². The number of amides is 2. The maximum Gasteiger partial charge on any atom is 0.259 e. The fourth-order valence-corrected chi connectivity index (χ4v) is 4.22. The molecule has 4 heterocycles. The topological polar surface area (TPSA) is 114 Å². The molecule has 160 valence electrons. The smallest absolute Gasteiger partial charge is 0.259 e. The van der Waals surface area contributed by atoms with Crippen LogP contribution >= 0.6 is 11.6 Å². The van der Waals surface area contributed by atoms with Crippen molar-refractivity contribution < 1.29 is 18.6 Å². The number of piperidine rings is 1. The van der Waals surface area contributed by atoms with Gasteiger partial charge < -0.3 is 19.3 Å². The molecule has 2 aromatic heterocycles. The number of likely N-dealkylation sites (tertiary alicyclic amines) is 1. The highest BCUT2D eigenvalue weighted by atomic mass is 35.5. The summed E-state index contributed by atoms with van der Waals surface area (Å²) >= 11 is 6.29. The van der Waals surface area contributed by atoms with Gasteiger partial charge in [0.2, 0.25) is 11.8 Å². The molecule has 9 nitrogen and oxygen atoms in total. The van der Waals surface area contributed by atoms with Crippen LogP contribution in [-0.4, -0.2) is 51.6 Å². The van der Waals surface area contributed by atoms with E-state index < -0.39 is 0 Å². The number of carbonyl (C=O) groups is 2. The van der Waals surface area contributed by atoms with Gasteiger partial charge in [-0.1, -0.05) is 40.1 Å². The quantitative estimate of drug-likeness (QED) is 0.661. The summed E-state index contributed by atoms with van der Waals surface area (Å²) in [6, 6.07) is 7.19. The first kappa shape index (κ1) is 19.7. The van der Waals surface area contributed by atoms with E-state index >= 15 is 0 Å². The highest BCUT2D eigenvalue weighted by molar-refractivity contribution is 6.33. The first-order chi connectivity index (χ1) is 15.0. The fourth-order valence-electron chi connectivity index (χ4n) is 3.99. The number of hydrogen-bond acceptors (Lipinski definition) is 7. The van der Waals surface area contributed by atoms with Gasteiger partial charge in [-0.2, -0.15) is 4.98 Å². The van der Waals surface area contributed by atoms with E-state index in [1.807, 2.05) is 12.1 Å². The van der Waals surface area contributed by atoms with Gasteiger partial charge in [-0.15, -0.1) is 0 Å². The van der Waals surface area contributed by atoms with Crippen molar-refractivity contribution in [3.05, 3.63) is 52.3 Å². The highest BCUT2D eigenvalue weighted by Gasteiger charge is 2.39. The lowest BCUT2D eigenvalue weighted by atomic mass is 9.96. The zero-order chi connectivity index (χ0) is 21.5. The van der Waals surface area contributed by atoms with Crippen molar-refractivity contribution >= 4 is 23.4 Å². The van der Waals surface area contributed by atoms with Gasteiger partial charge in [-0.3, -0.25) is 9.59 Å². The van der Waals surface area contributed by atoms with Crippen LogP contribution in [0, 0.1) is 6.92 Å². The Morgan fingerprint density at radius 3 is 2.81 bits per heavy atom. The molecule has 5 rings (SSSR count). The molecule has 31 heavy (non-hydrogen) atoms. The Hall–Kier alpha value is -3.20. The summed E-state index contributed by atoms with van der Waals surface area (Å²) < 4.78 is 10.7. The molecule has 1 atom stereocenters. The highest BCUT2D eigenvalue weighted by Crippen LogP contribution is 2.35. The molecule has 1 unspecified atom stereocenters. The molecule has 0 radical (unpaired) electrons. The second-order valence-corrected chi connectivity index (χ2v) is 8.23. The van der Waals surface area contributed by atoms with Crippen molar-refractivity contribution in [1.82, 2.24) is 25.5 Å². The molecule has 0 saturated carbocycles. The maximum absolute atomic E-state index is 13.2. The maximum atomic E-state index is 13.2. The van der Waals surface area contributed by atoms with Crippen LogP contribution in [0.3, 0.4) is 0 Å². The molecule has 2 aliphatic heterocycles. The SMILES string of the molecule is Cc1onc(-c2ccccc2Cl)c1C(=O)N1CC(c2nc(C3CCCNC3=O)no2)C1. The van der Waals surface area contributed by atoms with Crippen molar-refractivity contribution in [2.24, 2.45) is 0 Å². The van der Waals surface area contributed by atoms with E-state index in [1.54, 1.807) is 24.0 Å². The normalized spacial score (nSPS) is 19.2. The van der Waals surface area contributed by atoms with Crippen LogP contribution in [-0.2, 0) is 4.79 Å². The van der Waals surface area contributed by atoms with Crippen molar-refractivity contribution in [1.29, 1.82) is 0 Å². The van der Waals surface area contributed by atoms with Crippen LogP contribution in [0.2, 0.25) is 5.02 Å². The van der Waals surface area contributed by atoms with Gasteiger partial charge in [0.1, 0.15) is 22.9 Å². The fraction of sp³-hybridized carbons (Fsp3) is 0.381. The van der Waals surface area contributed by atoms with Gasteiger partial charge in [0.25, 0.3) is 5.91 Å². The second kappa shape index (κ2) is 7.81. The number of halogens is 1. The van der Waals surface area contributed by atoms with E-state index in [-0.39, 0.29) is 23.7 Å². The van der Waals surface area contributed by atoms with Gasteiger partial charge in [-0.05, 0) is 25.8 Å². The zero-order valence-electron chi connectivity index (χ0n) is 16.8. The largest absolute Gasteiger partial charge is 0.360 e. The summed E-state index contributed by atoms with van der Waals surface area (Å²) in [4.78, 5) is 31.3. The summed E-state index contributed by atoms with van der Waals surface area (Å²) in [6.07, 6.45) is 1.59. The number of nitrogens with zero attached hydrogens (tertiary/aromatic N) is 4. The van der Waals surface area contributed by atoms with E-state index in [2.05, 4.69) is 20.6 Å². The van der Waals surface area contributed by atoms with Gasteiger partial charge in [-0.25, -0.2) is 0 Å². The third kappa shape index (κ3) is 3.48. The Kier molecular flexibility index (Phi) is 4.97. The summed E-state index contributed by atoms with van der Waals surface area (Å²) in [7, 11) is 0. The molecule has 2 aliphatic rings. The summed E-state index contributed by atoms with van der Waals surface area (Å²) in [6.45, 7) is 3.25. The minimum Gasteiger partial charge on any atom is -0.360 e. The minimum atomic E-state index is -0.373. The van der Waals surface area contributed by atoms with E-state index in [4.69, 9.17) is 20.6 Å². The first-order valence-electron chi connectivity index (χ1n) is 10.1. The van der Waals surface area contributed by atoms with Gasteiger partial charge in [0.05, 0.1) is 10.9 Å². The van der Waals surface area contributed by atoms with E-state index in [0.29, 0.717) is 65.4 Å². The Balaban J connectivity index is 1.30. The van der Waals surface area contributed by atoms with Crippen LogP contribution in [0.5, 0.6) is 0 Å². The van der Waals surface area contributed by atoms with Crippen LogP contribution < -0.4 is 5.32 Å². The molecule has 3 aromatic rings. The molecule has 10 heteroatoms. The molecule has 0 bridgehead atoms. The van der Waals surface area contributed by atoms with Crippen LogP contribution in [0.25, 0.3) is 11.3 Å². The third-order valence-electron chi connectivity index (χ3n) is 5.78. The minimum absolute atomic E-state index is 0.0687. The lowest BCUT2D eigenvalue weighted by Crippen LogP contribution is -2.48. The Morgan fingerprint density at radius 1 is 1.23 bits per heavy atom. The summed E-state index contributed by atoms with van der Waals surface area (Å²) in [5, 5.41) is 11.4. The molecule has 0 spiro atoms. The molecule has 2 amide bonds. The van der Waals surface area contributed by atoms with Crippen LogP contribution in [0.1, 0.15) is 52.5 Å². The van der Waals surface area contributed by atoms with E-state index in [1.165, 1.54) is 0 Å². The van der Waals surface area contributed by atoms with Gasteiger partial charge in [0.15, 0.2) is 5.82 Å². The number of aromatic nitrogens is 3. The van der Waals surface area contributed by atoms with Crippen molar-refractivity contribution in [2.45, 2.75) is 31.6 Å². The van der Waals surface area contributed by atoms with Crippen LogP contribution in [0.15, 0.2) is 33.3 Å². The molecule has 2 saturated heterocycles. The average molecular weight is 442 g/mol. The molecule has 2 fully saturated rings. The van der Waals surface area contributed by atoms with E-state index in [9.17, 15) is 9.59 Å². The number of benzene rings is 1. The molecular formula is C21H20ClN5O4. The number of nitrogens with one attached hydrogen (secondary N) is 1. The molecular weight excluding hydrogens is 422 g/mol. The number of aryl methyl sites for hydroxylation is 1. The van der Waals surface area contributed by atoms with Crippen LogP contribution in [0.4, 0.5) is 0 Å². The number of rotatable bonds is 4. The number of carbonyl (C=O) groups excluding carboxylic acids is 2. The monoisotopic (exact) mass is 441 g/mol. The standard InChI is InChI=1S/C21H20ClN5O4/c1-11-16(17(25-30-11)13-5-2-3-7-15(13)22)21(29)27-9-12(10-27)20-24-18(26-31-20)14-6-4-8-23-19(14)28/h2-3,5,7,12,14H,4,6,8-10H2,1H3,(H,23,28). The summed E-state index contributed by atoms with van der Waals surface area (Å²) in [5.41, 5.74) is 1.48. The lowest BCUT2D eigenvalue weighted by Gasteiger charge is -2.37. The predicted octanol–water partition coefficient (Wildman–Crippen LogP) is 2.92. The third-order valence-corrected chi connectivity index (χ3v) is 6.11. The Labute approximate surface area is 182 Å². The summed E-state index contributed by atoms with van der Waals surface area (Å²) in [5.74, 6) is 0.600. The van der Waals surface area contributed by atoms with E-state index in [0.717, 1.165) is 6.42 Å². The number of hydrogen-bond donors (Lipinski definition) is 1. The first-order valence-corrected chi connectivity index (χ1v) is 10.5.